The van der Waals surface area contributed by atoms with Crippen LogP contribution in [-0.2, 0) is 19.2 Å². The van der Waals surface area contributed by atoms with Gasteiger partial charge in [0.15, 0.2) is 0 Å². The summed E-state index contributed by atoms with van der Waals surface area (Å²) in [7, 11) is 2.97. The zero-order chi connectivity index (χ0) is 15.4. The molecule has 1 atom stereocenters. The van der Waals surface area contributed by atoms with Gasteiger partial charge in [-0.2, -0.15) is 17.2 Å². The van der Waals surface area contributed by atoms with Gasteiger partial charge >= 0.3 is 26.8 Å². The Labute approximate surface area is 154 Å². The third-order valence-electron chi connectivity index (χ3n) is 3.60. The fourth-order valence-electron chi connectivity index (χ4n) is 2.69. The summed E-state index contributed by atoms with van der Waals surface area (Å²) in [6.45, 7) is 9.04. The van der Waals surface area contributed by atoms with Crippen molar-refractivity contribution in [1.82, 2.24) is 0 Å². The molecule has 0 nitrogen and oxygen atoms in total. The molecule has 0 N–H and O–H groups in total. The molecule has 1 unspecified atom stereocenters. The minimum absolute atomic E-state index is 0. The second-order valence-electron chi connectivity index (χ2n) is 4.65. The van der Waals surface area contributed by atoms with Crippen LogP contribution in [0.15, 0.2) is 34.9 Å². The van der Waals surface area contributed by atoms with Gasteiger partial charge in [0, 0.05) is 0 Å². The fraction of sp³-hybridized carbons (Fsp3) is 0.500. The molecular weight excluding hydrogens is 316 g/mol. The summed E-state index contributed by atoms with van der Waals surface area (Å²) in [5, 5.41) is 0. The van der Waals surface area contributed by atoms with E-state index in [1.54, 1.807) is 30.3 Å². The van der Waals surface area contributed by atoms with E-state index in [-0.39, 0.29) is 14.9 Å². The Morgan fingerprint density at radius 3 is 2.00 bits per heavy atom. The Bertz CT molecular complexity index is 379. The molecule has 0 bridgehead atoms. The van der Waals surface area contributed by atoms with Crippen LogP contribution in [-0.4, -0.2) is 7.63 Å². The van der Waals surface area contributed by atoms with Crippen molar-refractivity contribution in [3.63, 3.8) is 0 Å². The van der Waals surface area contributed by atoms with Crippen LogP contribution in [0.2, 0.25) is 0 Å². The van der Waals surface area contributed by atoms with Crippen LogP contribution < -0.4 is 0 Å². The predicted molar refractivity (Wildman–Crippen MR) is 98.6 cm³/mol. The topological polar surface area (TPSA) is 0 Å². The van der Waals surface area contributed by atoms with Gasteiger partial charge in [-0.1, -0.05) is 59.3 Å². The molecule has 0 saturated heterocycles. The van der Waals surface area contributed by atoms with Crippen molar-refractivity contribution >= 4 is 7.63 Å². The van der Waals surface area contributed by atoms with Gasteiger partial charge in [-0.25, -0.2) is 17.7 Å². The van der Waals surface area contributed by atoms with E-state index in [0.29, 0.717) is 5.92 Å². The molecule has 0 aromatic rings. The van der Waals surface area contributed by atoms with Crippen LogP contribution in [0.3, 0.4) is 0 Å². The molecule has 0 aromatic carbocycles. The summed E-state index contributed by atoms with van der Waals surface area (Å²) in [6.07, 6.45) is 18.4. The van der Waals surface area contributed by atoms with E-state index in [0.717, 1.165) is 12.8 Å². The molecule has 22 heavy (non-hydrogen) atoms. The monoisotopic (exact) mass is 348 g/mol. The van der Waals surface area contributed by atoms with Crippen LogP contribution in [0.1, 0.15) is 59.8 Å². The van der Waals surface area contributed by atoms with E-state index in [2.05, 4.69) is 53.6 Å². The Kier molecular flexibility index (Phi) is 21.0. The third kappa shape index (κ3) is 8.50. The maximum absolute atomic E-state index is 3.63. The van der Waals surface area contributed by atoms with Gasteiger partial charge in [0.2, 0.25) is 0 Å². The Hall–Kier alpha value is -0.109. The van der Waals surface area contributed by atoms with Crippen LogP contribution in [0, 0.1) is 32.9 Å². The van der Waals surface area contributed by atoms with Gasteiger partial charge in [-0.15, -0.1) is 6.42 Å². The normalized spacial score (nSPS) is 17.4. The molecule has 2 rings (SSSR count). The quantitative estimate of drug-likeness (QED) is 0.425. The molecule has 0 spiro atoms. The van der Waals surface area contributed by atoms with Gasteiger partial charge in [0.25, 0.3) is 0 Å². The van der Waals surface area contributed by atoms with Crippen molar-refractivity contribution in [3.8, 4) is 0 Å². The van der Waals surface area contributed by atoms with Gasteiger partial charge in [0.1, 0.15) is 0 Å². The summed E-state index contributed by atoms with van der Waals surface area (Å²) in [5.41, 5.74) is 4.75. The Balaban J connectivity index is -0.000000340. The van der Waals surface area contributed by atoms with E-state index in [9.17, 15) is 0 Å². The van der Waals surface area contributed by atoms with Gasteiger partial charge in [-0.05, 0) is 0 Å². The molecule has 2 aliphatic carbocycles. The van der Waals surface area contributed by atoms with Crippen LogP contribution in [0.4, 0.5) is 0 Å². The minimum atomic E-state index is 0. The summed E-state index contributed by atoms with van der Waals surface area (Å²) >= 11 is 1.81. The molecule has 124 valence electrons. The standard InChI is InChI=1S/C13H21.C5H5.2CH3.Si.Ti/c1-5-10-9-11(6-2)13(8-4)12(10)7-3;1-2-4-5-3-1;;;;/h10H,5-8H2,1-4H3;1-3H,4H2;2*1H3;;/q4*-1;;. The van der Waals surface area contributed by atoms with Crippen molar-refractivity contribution in [3.05, 3.63) is 62.0 Å². The van der Waals surface area contributed by atoms with Crippen LogP contribution in [0.5, 0.6) is 0 Å². The molecular formula is C20H32SiTi-4. The van der Waals surface area contributed by atoms with E-state index in [1.165, 1.54) is 24.8 Å². The first-order valence-corrected chi connectivity index (χ1v) is 10.4. The number of allylic oxidation sites excluding steroid dienone is 8. The third-order valence-corrected chi connectivity index (χ3v) is 3.60. The van der Waals surface area contributed by atoms with Crippen molar-refractivity contribution in [2.24, 2.45) is 5.92 Å². The second kappa shape index (κ2) is 17.2. The van der Waals surface area contributed by atoms with E-state index in [1.807, 2.05) is 12.2 Å². The number of hydrogen-bond donors (Lipinski definition) is 0. The second-order valence-corrected chi connectivity index (χ2v) is 4.65. The summed E-state index contributed by atoms with van der Waals surface area (Å²) in [4.78, 5) is 0. The number of hydrogen-bond acceptors (Lipinski definition) is 0. The molecule has 0 saturated carbocycles. The van der Waals surface area contributed by atoms with E-state index >= 15 is 0 Å². The summed E-state index contributed by atoms with van der Waals surface area (Å²) in [6, 6.07) is 0. The zero-order valence-electron chi connectivity index (χ0n) is 15.3. The van der Waals surface area contributed by atoms with E-state index in [4.69, 9.17) is 0 Å². The Morgan fingerprint density at radius 2 is 1.73 bits per heavy atom. The van der Waals surface area contributed by atoms with Gasteiger partial charge in [-0.3, -0.25) is 12.2 Å². The maximum atomic E-state index is 3.63. The van der Waals surface area contributed by atoms with Crippen molar-refractivity contribution in [2.75, 3.05) is 0 Å². The average Bonchev–Trinajstić information content (AvgIpc) is 3.18. The van der Waals surface area contributed by atoms with Gasteiger partial charge in [0.05, 0.1) is 0 Å². The van der Waals surface area contributed by atoms with Crippen LogP contribution in [0.25, 0.3) is 0 Å². The first-order valence-electron chi connectivity index (χ1n) is 7.59. The fourth-order valence-corrected chi connectivity index (χ4v) is 2.69. The molecule has 0 amide bonds. The Morgan fingerprint density at radius 1 is 1.09 bits per heavy atom. The van der Waals surface area contributed by atoms with Crippen molar-refractivity contribution in [1.29, 1.82) is 0 Å². The first-order chi connectivity index (χ1) is 9.78. The first kappa shape index (κ1) is 26.8. The SMILES string of the molecule is CCC1=[C-]C(CC)C(CC)=C1CC.[C-]1=CC=CC1.[CH3-].[CH3-].[Si]=[Ti]. The van der Waals surface area contributed by atoms with Gasteiger partial charge < -0.3 is 14.9 Å². The van der Waals surface area contributed by atoms with Crippen molar-refractivity contribution < 1.29 is 19.2 Å². The molecule has 0 fully saturated rings. The van der Waals surface area contributed by atoms with E-state index < -0.39 is 0 Å². The number of rotatable bonds is 4. The van der Waals surface area contributed by atoms with Crippen molar-refractivity contribution in [2.45, 2.75) is 59.8 Å². The van der Waals surface area contributed by atoms with Crippen LogP contribution >= 0.6 is 0 Å². The molecule has 0 aromatic heterocycles. The molecule has 2 heteroatoms. The summed E-state index contributed by atoms with van der Waals surface area (Å²) in [5.74, 6) is 0.634. The molecule has 2 aliphatic rings. The molecule has 0 aliphatic heterocycles. The average molecular weight is 348 g/mol. The predicted octanol–water partition coefficient (Wildman–Crippen LogP) is 6.11. The molecule has 0 heterocycles. The summed E-state index contributed by atoms with van der Waals surface area (Å²) < 4.78 is 0. The molecule has 2 radical (unpaired) electrons. The zero-order valence-corrected chi connectivity index (χ0v) is 17.9.